The van der Waals surface area contributed by atoms with Crippen molar-refractivity contribution in [3.05, 3.63) is 46.1 Å². The van der Waals surface area contributed by atoms with Crippen LogP contribution in [-0.2, 0) is 0 Å². The Bertz CT molecular complexity index is 1260. The van der Waals surface area contributed by atoms with Crippen LogP contribution in [-0.4, -0.2) is 52.4 Å². The van der Waals surface area contributed by atoms with Crippen molar-refractivity contribution < 1.29 is 9.90 Å². The number of carbonyl (C=O) groups excluding carboxylic acids is 1. The zero-order valence-corrected chi connectivity index (χ0v) is 22.2. The Labute approximate surface area is 222 Å². The number of phenols is 1. The molecule has 0 atom stereocenters. The van der Waals surface area contributed by atoms with E-state index >= 15 is 0 Å². The van der Waals surface area contributed by atoms with Gasteiger partial charge in [-0.2, -0.15) is 0 Å². The van der Waals surface area contributed by atoms with E-state index in [1.165, 1.54) is 0 Å². The number of fused-ring (bicyclic) bond motifs is 1. The summed E-state index contributed by atoms with van der Waals surface area (Å²) >= 11 is 12.4. The highest BCUT2D eigenvalue weighted by Gasteiger charge is 2.30. The number of hydrogen-bond acceptors (Lipinski definition) is 6. The molecule has 2 aliphatic rings. The number of rotatable bonds is 7. The first-order valence-corrected chi connectivity index (χ1v) is 13.5. The third-order valence-electron chi connectivity index (χ3n) is 7.59. The molecule has 2 fully saturated rings. The molecule has 5 rings (SSSR count). The SMILES string of the molecule is CN(C)C[C@H]1CC[C@H](Nc2c(C(=O)C3CCC3)cnc3ccc(-c4cc(Cl)c(O)c(Cl)c4)nc23)CC1. The summed E-state index contributed by atoms with van der Waals surface area (Å²) in [4.78, 5) is 25.2. The molecule has 0 unspecified atom stereocenters. The largest absolute Gasteiger partial charge is 0.505 e. The Hall–Kier alpha value is -2.41. The first kappa shape index (κ1) is 25.2. The fourth-order valence-corrected chi connectivity index (χ4v) is 5.86. The standard InChI is InChI=1S/C28H32Cl2N4O2/c1-34(2)15-16-6-8-19(9-7-16)32-25-20(27(35)17-4-3-5-17)14-31-24-11-10-23(33-26(24)25)18-12-21(29)28(36)22(30)13-18/h10-14,16-17,19,36H,3-9,15H2,1-2H3,(H,31,32)/t16-,19-. The predicted octanol–water partition coefficient (Wildman–Crippen LogP) is 6.82. The lowest BCUT2D eigenvalue weighted by molar-refractivity contribution is 0.0855. The lowest BCUT2D eigenvalue weighted by atomic mass is 9.79. The Morgan fingerprint density at radius 1 is 1.08 bits per heavy atom. The van der Waals surface area contributed by atoms with E-state index in [-0.39, 0.29) is 33.5 Å². The molecule has 0 bridgehead atoms. The van der Waals surface area contributed by atoms with Gasteiger partial charge in [0.1, 0.15) is 5.52 Å². The number of halogens is 2. The maximum absolute atomic E-state index is 13.4. The van der Waals surface area contributed by atoms with E-state index in [9.17, 15) is 9.90 Å². The molecule has 0 radical (unpaired) electrons. The maximum Gasteiger partial charge on any atom is 0.169 e. The molecular weight excluding hydrogens is 495 g/mol. The number of carbonyl (C=O) groups is 1. The van der Waals surface area contributed by atoms with E-state index in [2.05, 4.69) is 29.3 Å². The minimum absolute atomic E-state index is 0.0681. The minimum Gasteiger partial charge on any atom is -0.505 e. The number of aromatic nitrogens is 2. The number of hydrogen-bond donors (Lipinski definition) is 2. The highest BCUT2D eigenvalue weighted by molar-refractivity contribution is 6.37. The van der Waals surface area contributed by atoms with Gasteiger partial charge in [0.25, 0.3) is 0 Å². The fraction of sp³-hybridized carbons (Fsp3) is 0.464. The van der Waals surface area contributed by atoms with Gasteiger partial charge in [-0.25, -0.2) is 4.98 Å². The van der Waals surface area contributed by atoms with Crippen LogP contribution in [0.15, 0.2) is 30.5 Å². The molecule has 190 valence electrons. The maximum atomic E-state index is 13.4. The summed E-state index contributed by atoms with van der Waals surface area (Å²) in [7, 11) is 4.26. The number of anilines is 1. The average Bonchev–Trinajstić information content (AvgIpc) is 2.82. The second-order valence-corrected chi connectivity index (χ2v) is 11.3. The van der Waals surface area contributed by atoms with Gasteiger partial charge in [-0.3, -0.25) is 9.78 Å². The van der Waals surface area contributed by atoms with Gasteiger partial charge < -0.3 is 15.3 Å². The van der Waals surface area contributed by atoms with Crippen molar-refractivity contribution in [3.63, 3.8) is 0 Å². The van der Waals surface area contributed by atoms with Gasteiger partial charge in [-0.15, -0.1) is 0 Å². The van der Waals surface area contributed by atoms with Gasteiger partial charge in [0.15, 0.2) is 11.5 Å². The summed E-state index contributed by atoms with van der Waals surface area (Å²) in [5, 5.41) is 14.0. The van der Waals surface area contributed by atoms with Crippen LogP contribution < -0.4 is 5.32 Å². The lowest BCUT2D eigenvalue weighted by Gasteiger charge is -2.32. The number of benzene rings is 1. The molecule has 1 aromatic carbocycles. The first-order valence-electron chi connectivity index (χ1n) is 12.7. The van der Waals surface area contributed by atoms with Gasteiger partial charge in [-0.05, 0) is 82.8 Å². The Morgan fingerprint density at radius 3 is 2.39 bits per heavy atom. The van der Waals surface area contributed by atoms with E-state index in [4.69, 9.17) is 28.2 Å². The number of aromatic hydroxyl groups is 1. The van der Waals surface area contributed by atoms with Gasteiger partial charge in [0.05, 0.1) is 32.5 Å². The number of pyridine rings is 2. The number of Topliss-reactive ketones (excluding diaryl/α,β-unsaturated/α-hetero) is 1. The highest BCUT2D eigenvalue weighted by atomic mass is 35.5. The summed E-state index contributed by atoms with van der Waals surface area (Å²) in [6.07, 6.45) is 9.12. The molecule has 3 aromatic rings. The Balaban J connectivity index is 1.53. The van der Waals surface area contributed by atoms with E-state index in [0.29, 0.717) is 28.3 Å². The van der Waals surface area contributed by atoms with Crippen LogP contribution in [0.3, 0.4) is 0 Å². The summed E-state index contributed by atoms with van der Waals surface area (Å²) in [5.41, 5.74) is 4.16. The van der Waals surface area contributed by atoms with Crippen LogP contribution in [0.25, 0.3) is 22.3 Å². The summed E-state index contributed by atoms with van der Waals surface area (Å²) < 4.78 is 0. The molecule has 0 amide bonds. The highest BCUT2D eigenvalue weighted by Crippen LogP contribution is 2.39. The zero-order chi connectivity index (χ0) is 25.4. The van der Waals surface area contributed by atoms with Crippen molar-refractivity contribution in [2.24, 2.45) is 11.8 Å². The molecule has 2 saturated carbocycles. The van der Waals surface area contributed by atoms with E-state index < -0.39 is 0 Å². The smallest absolute Gasteiger partial charge is 0.169 e. The van der Waals surface area contributed by atoms with Gasteiger partial charge in [-0.1, -0.05) is 29.6 Å². The first-order chi connectivity index (χ1) is 17.3. The van der Waals surface area contributed by atoms with Crippen LogP contribution in [0, 0.1) is 11.8 Å². The van der Waals surface area contributed by atoms with E-state index in [1.54, 1.807) is 18.3 Å². The average molecular weight is 527 g/mol. The lowest BCUT2D eigenvalue weighted by Crippen LogP contribution is -2.32. The van der Waals surface area contributed by atoms with E-state index in [0.717, 1.165) is 62.7 Å². The van der Waals surface area contributed by atoms with Crippen molar-refractivity contribution in [2.45, 2.75) is 51.0 Å². The van der Waals surface area contributed by atoms with Gasteiger partial charge in [0.2, 0.25) is 0 Å². The number of phenolic OH excluding ortho intramolecular Hbond substituents is 1. The number of nitrogens with zero attached hydrogens (tertiary/aromatic N) is 3. The van der Waals surface area contributed by atoms with Crippen LogP contribution in [0.5, 0.6) is 5.75 Å². The van der Waals surface area contributed by atoms with Crippen molar-refractivity contribution in [2.75, 3.05) is 26.0 Å². The number of nitrogens with one attached hydrogen (secondary N) is 1. The summed E-state index contributed by atoms with van der Waals surface area (Å²) in [6, 6.07) is 7.34. The molecule has 36 heavy (non-hydrogen) atoms. The minimum atomic E-state index is -0.148. The van der Waals surface area contributed by atoms with Crippen molar-refractivity contribution >= 4 is 45.7 Å². The number of ketones is 1. The quantitative estimate of drug-likeness (QED) is 0.328. The molecule has 2 aromatic heterocycles. The van der Waals surface area contributed by atoms with Crippen molar-refractivity contribution in [1.29, 1.82) is 0 Å². The van der Waals surface area contributed by atoms with E-state index in [1.807, 2.05) is 12.1 Å². The van der Waals surface area contributed by atoms with Crippen molar-refractivity contribution in [1.82, 2.24) is 14.9 Å². The molecule has 2 N–H and O–H groups in total. The topological polar surface area (TPSA) is 78.4 Å². The second kappa shape index (κ2) is 10.5. The van der Waals surface area contributed by atoms with Crippen molar-refractivity contribution in [3.8, 4) is 17.0 Å². The Morgan fingerprint density at radius 2 is 1.78 bits per heavy atom. The van der Waals surface area contributed by atoms with Crippen LogP contribution in [0.2, 0.25) is 10.0 Å². The molecule has 0 aliphatic heterocycles. The molecule has 6 nitrogen and oxygen atoms in total. The van der Waals surface area contributed by atoms with Gasteiger partial charge >= 0.3 is 0 Å². The third-order valence-corrected chi connectivity index (χ3v) is 8.16. The fourth-order valence-electron chi connectivity index (χ4n) is 5.37. The van der Waals surface area contributed by atoms with Crippen LogP contribution in [0.1, 0.15) is 55.3 Å². The Kier molecular flexibility index (Phi) is 7.38. The summed E-state index contributed by atoms with van der Waals surface area (Å²) in [6.45, 7) is 1.11. The normalized spacial score (nSPS) is 20.5. The molecule has 2 aliphatic carbocycles. The van der Waals surface area contributed by atoms with Gasteiger partial charge in [0, 0.05) is 30.3 Å². The molecule has 0 saturated heterocycles. The summed E-state index contributed by atoms with van der Waals surface area (Å²) in [5.74, 6) is 0.781. The molecule has 2 heterocycles. The molecule has 8 heteroatoms. The zero-order valence-electron chi connectivity index (χ0n) is 20.7. The van der Waals surface area contributed by atoms with Crippen LogP contribution in [0.4, 0.5) is 5.69 Å². The molecular formula is C28H32Cl2N4O2. The second-order valence-electron chi connectivity index (χ2n) is 10.5. The monoisotopic (exact) mass is 526 g/mol. The molecule has 0 spiro atoms. The predicted molar refractivity (Wildman–Crippen MR) is 146 cm³/mol. The van der Waals surface area contributed by atoms with Crippen LogP contribution >= 0.6 is 23.2 Å². The third kappa shape index (κ3) is 5.17.